The number of hydrogen-bond donors (Lipinski definition) is 1. The molecule has 0 saturated carbocycles. The first-order valence-corrected chi connectivity index (χ1v) is 10.6. The van der Waals surface area contributed by atoms with E-state index in [0.717, 1.165) is 59.9 Å². The molecule has 1 aliphatic heterocycles. The SMILES string of the molecule is CC(=O)Nc1nc2c(s1)-c1c(c([C@H]3CCCO3)nn1-c1ccccc1Cl)CC2. The number of aromatic nitrogens is 3. The van der Waals surface area contributed by atoms with Gasteiger partial charge < -0.3 is 10.1 Å². The molecule has 1 fully saturated rings. The summed E-state index contributed by atoms with van der Waals surface area (Å²) in [5.41, 5.74) is 5.07. The number of anilines is 1. The molecule has 0 bridgehead atoms. The minimum atomic E-state index is -0.119. The summed E-state index contributed by atoms with van der Waals surface area (Å²) in [5.74, 6) is -0.119. The van der Waals surface area contributed by atoms with Crippen LogP contribution in [-0.2, 0) is 22.4 Å². The zero-order chi connectivity index (χ0) is 19.3. The number of para-hydroxylation sites is 1. The molecule has 5 rings (SSSR count). The van der Waals surface area contributed by atoms with Crippen LogP contribution in [-0.4, -0.2) is 27.3 Å². The van der Waals surface area contributed by atoms with Gasteiger partial charge in [-0.2, -0.15) is 5.10 Å². The minimum Gasteiger partial charge on any atom is -0.372 e. The smallest absolute Gasteiger partial charge is 0.223 e. The van der Waals surface area contributed by atoms with Gasteiger partial charge in [0.2, 0.25) is 5.91 Å². The first-order chi connectivity index (χ1) is 13.6. The van der Waals surface area contributed by atoms with Crippen LogP contribution < -0.4 is 5.32 Å². The van der Waals surface area contributed by atoms with Crippen molar-refractivity contribution in [1.29, 1.82) is 0 Å². The number of fused-ring (bicyclic) bond motifs is 3. The first-order valence-electron chi connectivity index (χ1n) is 9.38. The molecule has 1 saturated heterocycles. The molecule has 0 spiro atoms. The van der Waals surface area contributed by atoms with Crippen LogP contribution in [0.3, 0.4) is 0 Å². The molecule has 1 aromatic carbocycles. The zero-order valence-corrected chi connectivity index (χ0v) is 16.9. The van der Waals surface area contributed by atoms with Crippen LogP contribution >= 0.6 is 22.9 Å². The van der Waals surface area contributed by atoms with Gasteiger partial charge in [0.15, 0.2) is 5.13 Å². The van der Waals surface area contributed by atoms with E-state index >= 15 is 0 Å². The highest BCUT2D eigenvalue weighted by molar-refractivity contribution is 7.19. The normalized spacial score (nSPS) is 18.0. The van der Waals surface area contributed by atoms with Crippen LogP contribution in [0.2, 0.25) is 5.02 Å². The Kier molecular flexibility index (Phi) is 4.45. The van der Waals surface area contributed by atoms with Crippen LogP contribution in [0.1, 0.15) is 42.8 Å². The molecule has 0 unspecified atom stereocenters. The quantitative estimate of drug-likeness (QED) is 0.682. The van der Waals surface area contributed by atoms with Crippen LogP contribution in [0, 0.1) is 0 Å². The highest BCUT2D eigenvalue weighted by Crippen LogP contribution is 2.45. The molecule has 3 aromatic rings. The fourth-order valence-corrected chi connectivity index (χ4v) is 5.28. The number of benzene rings is 1. The zero-order valence-electron chi connectivity index (χ0n) is 15.4. The predicted molar refractivity (Wildman–Crippen MR) is 109 cm³/mol. The van der Waals surface area contributed by atoms with Gasteiger partial charge in [-0.3, -0.25) is 4.79 Å². The Morgan fingerprint density at radius 3 is 2.96 bits per heavy atom. The fraction of sp³-hybridized carbons (Fsp3) is 0.350. The number of carbonyl (C=O) groups is 1. The van der Waals surface area contributed by atoms with E-state index in [4.69, 9.17) is 21.4 Å². The molecule has 0 radical (unpaired) electrons. The van der Waals surface area contributed by atoms with Gasteiger partial charge in [-0.25, -0.2) is 9.67 Å². The number of ether oxygens (including phenoxy) is 1. The third kappa shape index (κ3) is 2.94. The second-order valence-corrected chi connectivity index (χ2v) is 8.46. The number of nitrogens with zero attached hydrogens (tertiary/aromatic N) is 3. The van der Waals surface area contributed by atoms with Gasteiger partial charge in [-0.1, -0.05) is 35.1 Å². The van der Waals surface area contributed by atoms with Gasteiger partial charge in [0, 0.05) is 19.1 Å². The molecule has 8 heteroatoms. The first kappa shape index (κ1) is 17.8. The molecule has 1 N–H and O–H groups in total. The second kappa shape index (κ2) is 6.99. The molecule has 2 aromatic heterocycles. The third-order valence-electron chi connectivity index (χ3n) is 5.14. The molecule has 28 heavy (non-hydrogen) atoms. The van der Waals surface area contributed by atoms with Crippen LogP contribution in [0.5, 0.6) is 0 Å². The summed E-state index contributed by atoms with van der Waals surface area (Å²) in [5, 5.41) is 9.05. The van der Waals surface area contributed by atoms with Gasteiger partial charge in [-0.15, -0.1) is 0 Å². The highest BCUT2D eigenvalue weighted by atomic mass is 35.5. The number of aryl methyl sites for hydroxylation is 1. The van der Waals surface area contributed by atoms with Crippen molar-refractivity contribution in [3.05, 3.63) is 46.2 Å². The molecule has 2 aliphatic rings. The maximum atomic E-state index is 11.5. The summed E-state index contributed by atoms with van der Waals surface area (Å²) in [7, 11) is 0. The number of nitrogens with one attached hydrogen (secondary N) is 1. The van der Waals surface area contributed by atoms with E-state index in [1.54, 1.807) is 0 Å². The number of thiazole rings is 1. The number of hydrogen-bond acceptors (Lipinski definition) is 5. The standard InChI is InChI=1S/C20H19ClN4O2S/c1-11(26)22-20-23-14-9-8-12-17(16-7-4-10-27-16)24-25(18(12)19(14)28-20)15-6-3-2-5-13(15)21/h2-3,5-6,16H,4,7-10H2,1H3,(H,22,23,26)/t16-/m1/s1. The number of rotatable bonds is 3. The van der Waals surface area contributed by atoms with Gasteiger partial charge in [0.1, 0.15) is 6.10 Å². The summed E-state index contributed by atoms with van der Waals surface area (Å²) < 4.78 is 7.89. The number of carbonyl (C=O) groups excluding carboxylic acids is 1. The summed E-state index contributed by atoms with van der Waals surface area (Å²) >= 11 is 8.00. The van der Waals surface area contributed by atoms with Crippen LogP contribution in [0.25, 0.3) is 16.3 Å². The summed E-state index contributed by atoms with van der Waals surface area (Å²) in [6.07, 6.45) is 3.74. The molecule has 3 heterocycles. The van der Waals surface area contributed by atoms with Gasteiger partial charge in [0.25, 0.3) is 0 Å². The lowest BCUT2D eigenvalue weighted by Gasteiger charge is -2.15. The van der Waals surface area contributed by atoms with E-state index in [2.05, 4.69) is 10.3 Å². The van der Waals surface area contributed by atoms with Crippen molar-refractivity contribution >= 4 is 34.0 Å². The molecular formula is C20H19ClN4O2S. The Morgan fingerprint density at radius 1 is 1.36 bits per heavy atom. The van der Waals surface area contributed by atoms with Crippen molar-refractivity contribution < 1.29 is 9.53 Å². The molecule has 1 atom stereocenters. The minimum absolute atomic E-state index is 0.0294. The van der Waals surface area contributed by atoms with E-state index in [1.165, 1.54) is 23.8 Å². The monoisotopic (exact) mass is 414 g/mol. The van der Waals surface area contributed by atoms with Gasteiger partial charge in [0.05, 0.1) is 32.7 Å². The molecule has 1 amide bonds. The maximum absolute atomic E-state index is 11.5. The third-order valence-corrected chi connectivity index (χ3v) is 6.48. The van der Waals surface area contributed by atoms with Crippen molar-refractivity contribution in [1.82, 2.24) is 14.8 Å². The predicted octanol–water partition coefficient (Wildman–Crippen LogP) is 4.56. The summed E-state index contributed by atoms with van der Waals surface area (Å²) in [6.45, 7) is 2.27. The Morgan fingerprint density at radius 2 is 2.21 bits per heavy atom. The number of halogens is 1. The lowest BCUT2D eigenvalue weighted by atomic mass is 9.95. The summed E-state index contributed by atoms with van der Waals surface area (Å²) in [4.78, 5) is 17.2. The lowest BCUT2D eigenvalue weighted by Crippen LogP contribution is -2.07. The van der Waals surface area contributed by atoms with Crippen molar-refractivity contribution in [2.75, 3.05) is 11.9 Å². The Bertz CT molecular complexity index is 1070. The Labute approximate surface area is 171 Å². The Hall–Kier alpha value is -2.22. The van der Waals surface area contributed by atoms with Crippen LogP contribution in [0.15, 0.2) is 24.3 Å². The average Bonchev–Trinajstić information content (AvgIpc) is 3.38. The van der Waals surface area contributed by atoms with Crippen molar-refractivity contribution in [3.8, 4) is 16.3 Å². The van der Waals surface area contributed by atoms with E-state index in [1.807, 2.05) is 28.9 Å². The largest absolute Gasteiger partial charge is 0.372 e. The molecule has 144 valence electrons. The fourth-order valence-electron chi connectivity index (χ4n) is 3.95. The van der Waals surface area contributed by atoms with E-state index in [0.29, 0.717) is 10.2 Å². The van der Waals surface area contributed by atoms with Crippen LogP contribution in [0.4, 0.5) is 5.13 Å². The summed E-state index contributed by atoms with van der Waals surface area (Å²) in [6, 6.07) is 7.71. The van der Waals surface area contributed by atoms with Crippen molar-refractivity contribution in [2.24, 2.45) is 0 Å². The highest BCUT2D eigenvalue weighted by Gasteiger charge is 2.33. The van der Waals surface area contributed by atoms with E-state index in [9.17, 15) is 4.79 Å². The topological polar surface area (TPSA) is 69.0 Å². The molecular weight excluding hydrogens is 396 g/mol. The maximum Gasteiger partial charge on any atom is 0.223 e. The van der Waals surface area contributed by atoms with Crippen molar-refractivity contribution in [3.63, 3.8) is 0 Å². The van der Waals surface area contributed by atoms with Gasteiger partial charge in [-0.05, 0) is 37.8 Å². The number of amides is 1. The van der Waals surface area contributed by atoms with E-state index in [-0.39, 0.29) is 12.0 Å². The molecule has 1 aliphatic carbocycles. The Balaban J connectivity index is 1.71. The molecule has 6 nitrogen and oxygen atoms in total. The van der Waals surface area contributed by atoms with Crippen molar-refractivity contribution in [2.45, 2.75) is 38.7 Å². The van der Waals surface area contributed by atoms with E-state index < -0.39 is 0 Å². The second-order valence-electron chi connectivity index (χ2n) is 7.05. The lowest BCUT2D eigenvalue weighted by molar-refractivity contribution is -0.114. The average molecular weight is 415 g/mol. The van der Waals surface area contributed by atoms with Gasteiger partial charge >= 0.3 is 0 Å².